The minimum Gasteiger partial charge on any atom is -0.311 e. The molecule has 1 N–H and O–H groups in total. The van der Waals surface area contributed by atoms with E-state index in [-0.39, 0.29) is 6.04 Å². The van der Waals surface area contributed by atoms with Crippen molar-refractivity contribution in [2.24, 2.45) is 0 Å². The number of benzene rings is 2. The number of para-hydroxylation sites is 1. The summed E-state index contributed by atoms with van der Waals surface area (Å²) >= 11 is 1.66. The van der Waals surface area contributed by atoms with E-state index in [0.717, 1.165) is 46.5 Å². The molecule has 0 amide bonds. The molecule has 0 radical (unpaired) electrons. The van der Waals surface area contributed by atoms with Gasteiger partial charge < -0.3 is 5.32 Å². The molecule has 2 aromatic carbocycles. The molecule has 4 aromatic rings. The van der Waals surface area contributed by atoms with Gasteiger partial charge in [0.15, 0.2) is 0 Å². The SMILES string of the molecule is CC(C)n1nc(CNCCCSc2nnnn2-c2ccccc2)c(-c2ccccc2)n1. The number of rotatable bonds is 10. The maximum absolute atomic E-state index is 4.70. The van der Waals surface area contributed by atoms with E-state index in [1.54, 1.807) is 21.2 Å². The third kappa shape index (κ3) is 5.36. The van der Waals surface area contributed by atoms with E-state index in [9.17, 15) is 0 Å². The highest BCUT2D eigenvalue weighted by molar-refractivity contribution is 7.99. The highest BCUT2D eigenvalue weighted by Crippen LogP contribution is 2.21. The van der Waals surface area contributed by atoms with E-state index < -0.39 is 0 Å². The Morgan fingerprint density at radius 2 is 1.71 bits per heavy atom. The summed E-state index contributed by atoms with van der Waals surface area (Å²) in [6.45, 7) is 5.74. The van der Waals surface area contributed by atoms with E-state index >= 15 is 0 Å². The summed E-state index contributed by atoms with van der Waals surface area (Å²) in [7, 11) is 0. The van der Waals surface area contributed by atoms with Crippen molar-refractivity contribution < 1.29 is 0 Å². The van der Waals surface area contributed by atoms with Gasteiger partial charge >= 0.3 is 0 Å². The Morgan fingerprint density at radius 3 is 2.45 bits per heavy atom. The smallest absolute Gasteiger partial charge is 0.214 e. The van der Waals surface area contributed by atoms with Gasteiger partial charge in [0.1, 0.15) is 11.4 Å². The van der Waals surface area contributed by atoms with Crippen molar-refractivity contribution >= 4 is 11.8 Å². The van der Waals surface area contributed by atoms with Crippen LogP contribution in [0.15, 0.2) is 65.8 Å². The molecular weight excluding hydrogens is 408 g/mol. The van der Waals surface area contributed by atoms with Crippen LogP contribution in [-0.2, 0) is 6.54 Å². The topological polar surface area (TPSA) is 86.3 Å². The first kappa shape index (κ1) is 21.2. The quantitative estimate of drug-likeness (QED) is 0.300. The molecule has 31 heavy (non-hydrogen) atoms. The lowest BCUT2D eigenvalue weighted by molar-refractivity contribution is 0.461. The fraction of sp³-hybridized carbons (Fsp3) is 0.318. The molecule has 0 aliphatic heterocycles. The highest BCUT2D eigenvalue weighted by atomic mass is 32.2. The van der Waals surface area contributed by atoms with Crippen LogP contribution in [0.1, 0.15) is 32.0 Å². The molecule has 0 bridgehead atoms. The highest BCUT2D eigenvalue weighted by Gasteiger charge is 2.14. The van der Waals surface area contributed by atoms with E-state index in [4.69, 9.17) is 10.2 Å². The van der Waals surface area contributed by atoms with Crippen molar-refractivity contribution in [3.63, 3.8) is 0 Å². The van der Waals surface area contributed by atoms with Crippen LogP contribution in [0.4, 0.5) is 0 Å². The van der Waals surface area contributed by atoms with Gasteiger partial charge in [-0.25, -0.2) is 0 Å². The molecular formula is C22H26N8S. The molecule has 0 spiro atoms. The van der Waals surface area contributed by atoms with Crippen molar-refractivity contribution in [2.75, 3.05) is 12.3 Å². The maximum Gasteiger partial charge on any atom is 0.214 e. The summed E-state index contributed by atoms with van der Waals surface area (Å²) in [6, 6.07) is 20.4. The van der Waals surface area contributed by atoms with Crippen LogP contribution in [0.2, 0.25) is 0 Å². The molecule has 2 aromatic heterocycles. The normalized spacial score (nSPS) is 11.3. The average Bonchev–Trinajstić information content (AvgIpc) is 3.45. The number of nitrogens with zero attached hydrogens (tertiary/aromatic N) is 7. The number of hydrogen-bond donors (Lipinski definition) is 1. The van der Waals surface area contributed by atoms with Crippen molar-refractivity contribution in [3.05, 3.63) is 66.4 Å². The van der Waals surface area contributed by atoms with Gasteiger partial charge in [-0.2, -0.15) is 19.7 Å². The molecule has 0 aliphatic carbocycles. The fourth-order valence-corrected chi connectivity index (χ4v) is 3.92. The molecule has 9 heteroatoms. The minimum absolute atomic E-state index is 0.225. The number of aromatic nitrogens is 7. The van der Waals surface area contributed by atoms with Gasteiger partial charge in [0.25, 0.3) is 0 Å². The number of tetrazole rings is 1. The first-order valence-corrected chi connectivity index (χ1v) is 11.4. The third-order valence-electron chi connectivity index (χ3n) is 4.67. The van der Waals surface area contributed by atoms with Crippen molar-refractivity contribution in [1.29, 1.82) is 0 Å². The van der Waals surface area contributed by atoms with Gasteiger partial charge in [0, 0.05) is 17.9 Å². The van der Waals surface area contributed by atoms with Crippen LogP contribution in [0.5, 0.6) is 0 Å². The molecule has 0 fully saturated rings. The second-order valence-corrected chi connectivity index (χ2v) is 8.43. The van der Waals surface area contributed by atoms with Crippen molar-refractivity contribution in [3.8, 4) is 16.9 Å². The zero-order valence-electron chi connectivity index (χ0n) is 17.7. The van der Waals surface area contributed by atoms with Crippen LogP contribution in [0, 0.1) is 0 Å². The monoisotopic (exact) mass is 434 g/mol. The first-order chi connectivity index (χ1) is 15.2. The number of thioether (sulfide) groups is 1. The van der Waals surface area contributed by atoms with Gasteiger partial charge in [-0.15, -0.1) is 5.10 Å². The molecule has 160 valence electrons. The van der Waals surface area contributed by atoms with Crippen LogP contribution < -0.4 is 5.32 Å². The van der Waals surface area contributed by atoms with Crippen LogP contribution in [0.3, 0.4) is 0 Å². The summed E-state index contributed by atoms with van der Waals surface area (Å²) in [5.74, 6) is 0.921. The third-order valence-corrected chi connectivity index (χ3v) is 5.68. The Balaban J connectivity index is 1.29. The Kier molecular flexibility index (Phi) is 7.06. The lowest BCUT2D eigenvalue weighted by Crippen LogP contribution is -2.16. The lowest BCUT2D eigenvalue weighted by atomic mass is 10.1. The first-order valence-electron chi connectivity index (χ1n) is 10.4. The van der Waals surface area contributed by atoms with E-state index in [1.807, 2.05) is 48.5 Å². The number of hydrogen-bond acceptors (Lipinski definition) is 7. The zero-order valence-corrected chi connectivity index (χ0v) is 18.5. The minimum atomic E-state index is 0.225. The molecule has 0 saturated heterocycles. The predicted octanol–water partition coefficient (Wildman–Crippen LogP) is 3.77. The summed E-state index contributed by atoms with van der Waals surface area (Å²) in [4.78, 5) is 1.79. The maximum atomic E-state index is 4.70. The molecule has 0 unspecified atom stereocenters. The zero-order chi connectivity index (χ0) is 21.5. The van der Waals surface area contributed by atoms with Gasteiger partial charge in [-0.3, -0.25) is 0 Å². The van der Waals surface area contributed by atoms with E-state index in [1.165, 1.54) is 0 Å². The Bertz CT molecular complexity index is 1080. The molecule has 8 nitrogen and oxygen atoms in total. The van der Waals surface area contributed by atoms with Crippen molar-refractivity contribution in [2.45, 2.75) is 38.0 Å². The van der Waals surface area contributed by atoms with Gasteiger partial charge in [-0.05, 0) is 49.4 Å². The summed E-state index contributed by atoms with van der Waals surface area (Å²) in [5, 5.41) is 25.8. The van der Waals surface area contributed by atoms with Crippen LogP contribution >= 0.6 is 11.8 Å². The van der Waals surface area contributed by atoms with Gasteiger partial charge in [-0.1, -0.05) is 60.3 Å². The Hall–Kier alpha value is -3.04. The molecule has 2 heterocycles. The van der Waals surface area contributed by atoms with Crippen molar-refractivity contribution in [1.82, 2.24) is 40.5 Å². The largest absolute Gasteiger partial charge is 0.311 e. The predicted molar refractivity (Wildman–Crippen MR) is 122 cm³/mol. The van der Waals surface area contributed by atoms with Crippen LogP contribution in [0.25, 0.3) is 16.9 Å². The second-order valence-electron chi connectivity index (χ2n) is 7.36. The molecule has 0 atom stereocenters. The second kappa shape index (κ2) is 10.3. The van der Waals surface area contributed by atoms with Crippen LogP contribution in [-0.4, -0.2) is 47.5 Å². The van der Waals surface area contributed by atoms with E-state index in [2.05, 4.69) is 46.8 Å². The molecule has 0 saturated carbocycles. The molecule has 4 rings (SSSR count). The van der Waals surface area contributed by atoms with Gasteiger partial charge in [0.05, 0.1) is 11.7 Å². The summed E-state index contributed by atoms with van der Waals surface area (Å²) in [5.41, 5.74) is 3.98. The van der Waals surface area contributed by atoms with Gasteiger partial charge in [0.2, 0.25) is 5.16 Å². The molecule has 0 aliphatic rings. The summed E-state index contributed by atoms with van der Waals surface area (Å²) in [6.07, 6.45) is 0.991. The fourth-order valence-electron chi connectivity index (χ4n) is 3.09. The standard InChI is InChI=1S/C22H26N8S/c1-17(2)30-25-20(21(26-30)18-10-5-3-6-11-18)16-23-14-9-15-31-22-24-27-28-29(22)19-12-7-4-8-13-19/h3-8,10-13,17,23H,9,14-16H2,1-2H3. The Labute approximate surface area is 186 Å². The average molecular weight is 435 g/mol. The van der Waals surface area contributed by atoms with E-state index in [0.29, 0.717) is 6.54 Å². The Morgan fingerprint density at radius 1 is 0.968 bits per heavy atom. The summed E-state index contributed by atoms with van der Waals surface area (Å²) < 4.78 is 1.77. The lowest BCUT2D eigenvalue weighted by Gasteiger charge is -2.05. The number of nitrogens with one attached hydrogen (secondary N) is 1.